The van der Waals surface area contributed by atoms with Gasteiger partial charge in [-0.15, -0.1) is 0 Å². The minimum Gasteiger partial charge on any atom is -0.480 e. The van der Waals surface area contributed by atoms with Crippen LogP contribution in [0.3, 0.4) is 0 Å². The smallest absolute Gasteiger partial charge is 0.343 e. The van der Waals surface area contributed by atoms with E-state index in [1.54, 1.807) is 31.2 Å². The Morgan fingerprint density at radius 2 is 1.66 bits per heavy atom. The normalized spacial score (nSPS) is 11.8. The largest absolute Gasteiger partial charge is 0.480 e. The lowest BCUT2D eigenvalue weighted by molar-refractivity contribution is -0.145. The van der Waals surface area contributed by atoms with Gasteiger partial charge in [0, 0.05) is 17.6 Å². The molecule has 0 radical (unpaired) electrons. The van der Waals surface area contributed by atoms with Crippen LogP contribution in [0.15, 0.2) is 54.1 Å². The molecule has 10 nitrogen and oxygen atoms in total. The average molecular weight is 482 g/mol. The third-order valence-corrected chi connectivity index (χ3v) is 4.81. The number of carbonyl (C=O) groups is 4. The Hall–Kier alpha value is -4.47. The number of carboxylic acid groups (broad SMARTS) is 1. The Labute approximate surface area is 202 Å². The number of rotatable bonds is 11. The van der Waals surface area contributed by atoms with Gasteiger partial charge in [-0.1, -0.05) is 12.1 Å². The number of hydrogen-bond acceptors (Lipinski definition) is 7. The van der Waals surface area contributed by atoms with Crippen LogP contribution >= 0.6 is 0 Å². The molecule has 184 valence electrons. The van der Waals surface area contributed by atoms with Crippen molar-refractivity contribution in [2.45, 2.75) is 32.7 Å². The Bertz CT molecular complexity index is 1120. The lowest BCUT2D eigenvalue weighted by Gasteiger charge is -2.14. The van der Waals surface area contributed by atoms with Gasteiger partial charge in [-0.25, -0.2) is 9.59 Å². The number of amidine groups is 1. The van der Waals surface area contributed by atoms with Crippen LogP contribution in [0.2, 0.25) is 0 Å². The molecule has 2 rings (SSSR count). The van der Waals surface area contributed by atoms with E-state index in [9.17, 15) is 24.3 Å². The summed E-state index contributed by atoms with van der Waals surface area (Å²) in [6.07, 6.45) is 1.31. The van der Waals surface area contributed by atoms with Crippen LogP contribution < -0.4 is 15.8 Å². The van der Waals surface area contributed by atoms with Crippen molar-refractivity contribution in [1.29, 1.82) is 5.41 Å². The second kappa shape index (κ2) is 12.7. The van der Waals surface area contributed by atoms with E-state index >= 15 is 0 Å². The van der Waals surface area contributed by atoms with Crippen LogP contribution in [0.1, 0.15) is 48.2 Å². The Morgan fingerprint density at radius 3 is 2.20 bits per heavy atom. The molecule has 0 heterocycles. The number of hydrogen-bond donors (Lipinski definition) is 4. The monoisotopic (exact) mass is 481 g/mol. The molecule has 35 heavy (non-hydrogen) atoms. The van der Waals surface area contributed by atoms with Crippen molar-refractivity contribution in [3.05, 3.63) is 70.8 Å². The fourth-order valence-electron chi connectivity index (χ4n) is 2.92. The van der Waals surface area contributed by atoms with Gasteiger partial charge >= 0.3 is 17.9 Å². The number of nitrogen functional groups attached to an aromatic ring is 1. The van der Waals surface area contributed by atoms with Gasteiger partial charge in [0.1, 0.15) is 17.6 Å². The van der Waals surface area contributed by atoms with Crippen molar-refractivity contribution in [2.75, 3.05) is 6.61 Å². The Kier molecular flexibility index (Phi) is 9.71. The molecule has 0 saturated heterocycles. The second-order valence-corrected chi connectivity index (χ2v) is 7.48. The molecule has 1 amide bonds. The SMILES string of the molecule is CCOC(=O)CC[C@H](NC(=O)/C(C)=C/c1ccc(C(=O)Oc2ccc(C(=N)N)cc2)cc1)C(=O)O. The average Bonchev–Trinajstić information content (AvgIpc) is 2.82. The molecule has 0 fully saturated rings. The zero-order valence-electron chi connectivity index (χ0n) is 19.4. The summed E-state index contributed by atoms with van der Waals surface area (Å²) in [6.45, 7) is 3.36. The molecule has 10 heteroatoms. The van der Waals surface area contributed by atoms with Crippen LogP contribution in [0.4, 0.5) is 0 Å². The third-order valence-electron chi connectivity index (χ3n) is 4.81. The predicted octanol–water partition coefficient (Wildman–Crippen LogP) is 2.51. The minimum atomic E-state index is -1.26. The van der Waals surface area contributed by atoms with Crippen molar-refractivity contribution in [1.82, 2.24) is 5.32 Å². The molecule has 0 aliphatic rings. The summed E-state index contributed by atoms with van der Waals surface area (Å²) in [7, 11) is 0. The number of carboxylic acids is 1. The summed E-state index contributed by atoms with van der Waals surface area (Å²) in [5, 5.41) is 19.1. The van der Waals surface area contributed by atoms with Crippen LogP contribution in [-0.4, -0.2) is 47.4 Å². The fourth-order valence-corrected chi connectivity index (χ4v) is 2.92. The maximum absolute atomic E-state index is 12.4. The summed E-state index contributed by atoms with van der Waals surface area (Å²) < 4.78 is 10.1. The molecular formula is C25H27N3O7. The molecule has 0 spiro atoms. The van der Waals surface area contributed by atoms with Crippen LogP contribution in [0.5, 0.6) is 5.75 Å². The highest BCUT2D eigenvalue weighted by molar-refractivity contribution is 5.99. The second-order valence-electron chi connectivity index (χ2n) is 7.48. The topological polar surface area (TPSA) is 169 Å². The van der Waals surface area contributed by atoms with E-state index in [4.69, 9.17) is 20.6 Å². The van der Waals surface area contributed by atoms with E-state index in [0.29, 0.717) is 16.9 Å². The molecule has 0 aliphatic carbocycles. The molecular weight excluding hydrogens is 454 g/mol. The van der Waals surface area contributed by atoms with Crippen molar-refractivity contribution in [3.8, 4) is 5.75 Å². The molecule has 5 N–H and O–H groups in total. The van der Waals surface area contributed by atoms with E-state index < -0.39 is 29.9 Å². The molecule has 1 atom stereocenters. The lowest BCUT2D eigenvalue weighted by Crippen LogP contribution is -2.41. The van der Waals surface area contributed by atoms with Gasteiger partial charge in [0.2, 0.25) is 5.91 Å². The Morgan fingerprint density at radius 1 is 1.06 bits per heavy atom. The number of aliphatic carboxylic acids is 1. The first-order chi connectivity index (χ1) is 16.6. The van der Waals surface area contributed by atoms with Gasteiger partial charge in [-0.3, -0.25) is 15.0 Å². The Balaban J connectivity index is 1.99. The molecule has 2 aromatic carbocycles. The standard InChI is InChI=1S/C25H27N3O7/c1-3-34-21(29)13-12-20(24(31)32)28-23(30)15(2)14-16-4-6-18(7-5-16)25(33)35-19-10-8-17(9-11-19)22(26)27/h4-11,14,20H,3,12-13H2,1-2H3,(H3,26,27)(H,28,30)(H,31,32)/b15-14+/t20-/m0/s1. The summed E-state index contributed by atoms with van der Waals surface area (Å²) in [5.41, 5.74) is 7.04. The highest BCUT2D eigenvalue weighted by Gasteiger charge is 2.22. The quantitative estimate of drug-likeness (QED) is 0.125. The number of amides is 1. The van der Waals surface area contributed by atoms with E-state index in [2.05, 4.69) is 5.32 Å². The number of carbonyl (C=O) groups excluding carboxylic acids is 3. The van der Waals surface area contributed by atoms with Crippen LogP contribution in [-0.2, 0) is 19.1 Å². The fraction of sp³-hybridized carbons (Fsp3) is 0.240. The van der Waals surface area contributed by atoms with Gasteiger partial charge in [0.15, 0.2) is 0 Å². The van der Waals surface area contributed by atoms with Crippen LogP contribution in [0, 0.1) is 5.41 Å². The summed E-state index contributed by atoms with van der Waals surface area (Å²) in [4.78, 5) is 47.7. The number of nitrogens with two attached hydrogens (primary N) is 1. The van der Waals surface area contributed by atoms with E-state index in [1.165, 1.54) is 37.3 Å². The molecule has 0 aliphatic heterocycles. The summed E-state index contributed by atoms with van der Waals surface area (Å²) in [6, 6.07) is 11.2. The summed E-state index contributed by atoms with van der Waals surface area (Å²) in [5.74, 6) is -2.77. The molecule has 0 saturated carbocycles. The van der Waals surface area contributed by atoms with Crippen LogP contribution in [0.25, 0.3) is 6.08 Å². The number of benzene rings is 2. The number of ether oxygens (including phenoxy) is 2. The van der Waals surface area contributed by atoms with Crippen molar-refractivity contribution in [3.63, 3.8) is 0 Å². The molecule has 0 aromatic heterocycles. The first-order valence-corrected chi connectivity index (χ1v) is 10.7. The first-order valence-electron chi connectivity index (χ1n) is 10.7. The molecule has 0 unspecified atom stereocenters. The summed E-state index contributed by atoms with van der Waals surface area (Å²) >= 11 is 0. The first kappa shape index (κ1) is 26.8. The van der Waals surface area contributed by atoms with Gasteiger partial charge in [0.05, 0.1) is 12.2 Å². The molecule has 0 bridgehead atoms. The third kappa shape index (κ3) is 8.43. The zero-order chi connectivity index (χ0) is 26.0. The number of nitrogens with one attached hydrogen (secondary N) is 2. The van der Waals surface area contributed by atoms with Gasteiger partial charge < -0.3 is 25.6 Å². The highest BCUT2D eigenvalue weighted by Crippen LogP contribution is 2.16. The van der Waals surface area contributed by atoms with Crippen molar-refractivity contribution >= 4 is 35.7 Å². The predicted molar refractivity (Wildman–Crippen MR) is 128 cm³/mol. The van der Waals surface area contributed by atoms with E-state index in [0.717, 1.165) is 0 Å². The van der Waals surface area contributed by atoms with Gasteiger partial charge in [-0.2, -0.15) is 0 Å². The number of esters is 2. The van der Waals surface area contributed by atoms with Gasteiger partial charge in [-0.05, 0) is 68.3 Å². The lowest BCUT2D eigenvalue weighted by atomic mass is 10.1. The van der Waals surface area contributed by atoms with Crippen molar-refractivity contribution < 1.29 is 33.8 Å². The molecule has 2 aromatic rings. The minimum absolute atomic E-state index is 0.0920. The van der Waals surface area contributed by atoms with E-state index in [-0.39, 0.29) is 36.4 Å². The zero-order valence-corrected chi connectivity index (χ0v) is 19.4. The maximum atomic E-state index is 12.4. The van der Waals surface area contributed by atoms with Gasteiger partial charge in [0.25, 0.3) is 0 Å². The highest BCUT2D eigenvalue weighted by atomic mass is 16.5. The maximum Gasteiger partial charge on any atom is 0.343 e. The van der Waals surface area contributed by atoms with E-state index in [1.807, 2.05) is 0 Å². The van der Waals surface area contributed by atoms with Crippen molar-refractivity contribution in [2.24, 2.45) is 5.73 Å².